The largest absolute Gasteiger partial charge is 0.508 e. The minimum absolute atomic E-state index is 0.0674. The van der Waals surface area contributed by atoms with E-state index >= 15 is 0 Å². The van der Waals surface area contributed by atoms with Crippen LogP contribution in [-0.2, 0) is 6.42 Å². The Hall–Kier alpha value is -2.04. The van der Waals surface area contributed by atoms with Crippen LogP contribution in [-0.4, -0.2) is 25.2 Å². The summed E-state index contributed by atoms with van der Waals surface area (Å²) in [5, 5.41) is 27.1. The highest BCUT2D eigenvalue weighted by Gasteiger charge is 2.08. The van der Waals surface area contributed by atoms with Crippen LogP contribution >= 0.6 is 0 Å². The van der Waals surface area contributed by atoms with Crippen LogP contribution < -0.4 is 0 Å². The normalized spacial score (nSPS) is 10.7. The maximum Gasteiger partial charge on any atom is 0.141 e. The molecule has 1 aromatic carbocycles. The molecule has 2 aromatic rings. The van der Waals surface area contributed by atoms with Crippen molar-refractivity contribution in [3.05, 3.63) is 30.1 Å². The number of aryl methyl sites for hydroxylation is 1. The maximum absolute atomic E-state index is 9.71. The van der Waals surface area contributed by atoms with Crippen LogP contribution in [0.5, 0.6) is 11.5 Å². The lowest BCUT2D eigenvalue weighted by Gasteiger charge is -2.03. The molecule has 96 valence electrons. The number of rotatable bonds is 5. The van der Waals surface area contributed by atoms with E-state index in [9.17, 15) is 10.2 Å². The number of benzene rings is 1. The lowest BCUT2D eigenvalue weighted by atomic mass is 10.2. The van der Waals surface area contributed by atoms with Gasteiger partial charge in [-0.2, -0.15) is 0 Å². The van der Waals surface area contributed by atoms with Crippen LogP contribution in [0.15, 0.2) is 24.4 Å². The third-order valence-corrected chi connectivity index (χ3v) is 2.78. The molecule has 0 saturated carbocycles. The Morgan fingerprint density at radius 2 is 2.06 bits per heavy atom. The standard InChI is InChI=1S/C13H17N3O2/c1-2-3-4-5-10-9-16(15-14-10)12-8-11(17)6-7-13(12)18/h6-9,17-18H,2-5H2,1H3. The molecule has 18 heavy (non-hydrogen) atoms. The summed E-state index contributed by atoms with van der Waals surface area (Å²) in [5.74, 6) is 0.156. The monoisotopic (exact) mass is 247 g/mol. The number of phenols is 2. The van der Waals surface area contributed by atoms with Gasteiger partial charge in [-0.1, -0.05) is 25.0 Å². The summed E-state index contributed by atoms with van der Waals surface area (Å²) in [4.78, 5) is 0. The third-order valence-electron chi connectivity index (χ3n) is 2.78. The molecule has 0 atom stereocenters. The zero-order chi connectivity index (χ0) is 13.0. The summed E-state index contributed by atoms with van der Waals surface area (Å²) in [6.45, 7) is 2.15. The Labute approximate surface area is 106 Å². The second-order valence-corrected chi connectivity index (χ2v) is 4.28. The molecule has 0 radical (unpaired) electrons. The lowest BCUT2D eigenvalue weighted by Crippen LogP contribution is -1.95. The topological polar surface area (TPSA) is 71.2 Å². The van der Waals surface area contributed by atoms with Gasteiger partial charge in [0.25, 0.3) is 0 Å². The summed E-state index contributed by atoms with van der Waals surface area (Å²) in [7, 11) is 0. The van der Waals surface area contributed by atoms with Gasteiger partial charge in [0.05, 0.1) is 11.9 Å². The molecule has 2 N–H and O–H groups in total. The Balaban J connectivity index is 2.16. The maximum atomic E-state index is 9.71. The average molecular weight is 247 g/mol. The van der Waals surface area contributed by atoms with Gasteiger partial charge in [-0.15, -0.1) is 5.10 Å². The number of aromatic hydroxyl groups is 2. The van der Waals surface area contributed by atoms with Gasteiger partial charge in [0.15, 0.2) is 0 Å². The predicted molar refractivity (Wildman–Crippen MR) is 67.9 cm³/mol. The van der Waals surface area contributed by atoms with Crippen molar-refractivity contribution >= 4 is 0 Å². The quantitative estimate of drug-likeness (QED) is 0.628. The molecule has 0 amide bonds. The summed E-state index contributed by atoms with van der Waals surface area (Å²) in [6, 6.07) is 4.32. The lowest BCUT2D eigenvalue weighted by molar-refractivity contribution is 0.455. The van der Waals surface area contributed by atoms with Crippen molar-refractivity contribution in [2.45, 2.75) is 32.6 Å². The first-order valence-corrected chi connectivity index (χ1v) is 6.14. The average Bonchev–Trinajstić information content (AvgIpc) is 2.81. The number of nitrogens with zero attached hydrogens (tertiary/aromatic N) is 3. The van der Waals surface area contributed by atoms with E-state index in [2.05, 4.69) is 17.2 Å². The minimum Gasteiger partial charge on any atom is -0.508 e. The molecule has 0 bridgehead atoms. The van der Waals surface area contributed by atoms with Gasteiger partial charge in [0.1, 0.15) is 17.2 Å². The first kappa shape index (κ1) is 12.4. The summed E-state index contributed by atoms with van der Waals surface area (Å²) < 4.78 is 1.48. The molecular formula is C13H17N3O2. The molecule has 0 spiro atoms. The molecule has 5 nitrogen and oxygen atoms in total. The molecule has 1 aromatic heterocycles. The Kier molecular flexibility index (Phi) is 3.82. The molecule has 0 saturated heterocycles. The zero-order valence-corrected chi connectivity index (χ0v) is 10.4. The first-order chi connectivity index (χ1) is 8.70. The van der Waals surface area contributed by atoms with Crippen LogP contribution in [0.2, 0.25) is 0 Å². The Morgan fingerprint density at radius 1 is 1.22 bits per heavy atom. The van der Waals surface area contributed by atoms with Gasteiger partial charge in [0, 0.05) is 6.07 Å². The summed E-state index contributed by atoms with van der Waals surface area (Å²) in [6.07, 6.45) is 6.09. The highest BCUT2D eigenvalue weighted by molar-refractivity contribution is 5.49. The molecule has 0 aliphatic carbocycles. The second kappa shape index (κ2) is 5.53. The van der Waals surface area contributed by atoms with Crippen LogP contribution in [0.25, 0.3) is 5.69 Å². The van der Waals surface area contributed by atoms with E-state index in [0.29, 0.717) is 5.69 Å². The van der Waals surface area contributed by atoms with Crippen molar-refractivity contribution in [1.82, 2.24) is 15.0 Å². The fourth-order valence-corrected chi connectivity index (χ4v) is 1.78. The molecule has 0 aliphatic heterocycles. The fourth-order valence-electron chi connectivity index (χ4n) is 1.78. The van der Waals surface area contributed by atoms with Crippen LogP contribution in [0.3, 0.4) is 0 Å². The van der Waals surface area contributed by atoms with Crippen molar-refractivity contribution in [1.29, 1.82) is 0 Å². The smallest absolute Gasteiger partial charge is 0.141 e. The number of phenolic OH excluding ortho intramolecular Hbond substituents is 2. The minimum atomic E-state index is 0.0674. The molecule has 1 heterocycles. The first-order valence-electron chi connectivity index (χ1n) is 6.14. The van der Waals surface area contributed by atoms with Crippen molar-refractivity contribution in [3.8, 4) is 17.2 Å². The van der Waals surface area contributed by atoms with Crippen molar-refractivity contribution in [3.63, 3.8) is 0 Å². The molecular weight excluding hydrogens is 230 g/mol. The van der Waals surface area contributed by atoms with Crippen molar-refractivity contribution in [2.24, 2.45) is 0 Å². The molecule has 0 aliphatic rings. The van der Waals surface area contributed by atoms with Crippen LogP contribution in [0.1, 0.15) is 31.9 Å². The van der Waals surface area contributed by atoms with Gasteiger partial charge < -0.3 is 10.2 Å². The highest BCUT2D eigenvalue weighted by atomic mass is 16.3. The van der Waals surface area contributed by atoms with Crippen molar-refractivity contribution < 1.29 is 10.2 Å². The molecule has 2 rings (SSSR count). The van der Waals surface area contributed by atoms with Crippen molar-refractivity contribution in [2.75, 3.05) is 0 Å². The van der Waals surface area contributed by atoms with E-state index in [-0.39, 0.29) is 11.5 Å². The SMILES string of the molecule is CCCCCc1cn(-c2cc(O)ccc2O)nn1. The number of hydrogen-bond donors (Lipinski definition) is 2. The number of hydrogen-bond acceptors (Lipinski definition) is 4. The molecule has 0 fully saturated rings. The van der Waals surface area contributed by atoms with Crippen LogP contribution in [0, 0.1) is 0 Å². The van der Waals surface area contributed by atoms with E-state index in [1.54, 1.807) is 6.20 Å². The number of aromatic nitrogens is 3. The molecule has 0 unspecified atom stereocenters. The van der Waals surface area contributed by atoms with E-state index in [1.165, 1.54) is 35.7 Å². The van der Waals surface area contributed by atoms with Crippen LogP contribution in [0.4, 0.5) is 0 Å². The number of unbranched alkanes of at least 4 members (excludes halogenated alkanes) is 2. The van der Waals surface area contributed by atoms with E-state index in [0.717, 1.165) is 18.5 Å². The van der Waals surface area contributed by atoms with E-state index in [4.69, 9.17) is 0 Å². The van der Waals surface area contributed by atoms with E-state index < -0.39 is 0 Å². The predicted octanol–water partition coefficient (Wildman–Crippen LogP) is 2.41. The van der Waals surface area contributed by atoms with Gasteiger partial charge in [-0.25, -0.2) is 4.68 Å². The summed E-state index contributed by atoms with van der Waals surface area (Å²) >= 11 is 0. The van der Waals surface area contributed by atoms with Gasteiger partial charge in [-0.05, 0) is 25.0 Å². The van der Waals surface area contributed by atoms with Gasteiger partial charge >= 0.3 is 0 Å². The Morgan fingerprint density at radius 3 is 2.83 bits per heavy atom. The Bertz CT molecular complexity index is 523. The fraction of sp³-hybridized carbons (Fsp3) is 0.385. The van der Waals surface area contributed by atoms with Gasteiger partial charge in [-0.3, -0.25) is 0 Å². The molecule has 5 heteroatoms. The second-order valence-electron chi connectivity index (χ2n) is 4.28. The third kappa shape index (κ3) is 2.80. The summed E-state index contributed by atoms with van der Waals surface area (Å²) in [5.41, 5.74) is 1.33. The zero-order valence-electron chi connectivity index (χ0n) is 10.4. The highest BCUT2D eigenvalue weighted by Crippen LogP contribution is 2.25. The van der Waals surface area contributed by atoms with Gasteiger partial charge in [0.2, 0.25) is 0 Å². The van der Waals surface area contributed by atoms with E-state index in [1.807, 2.05) is 0 Å².